The lowest BCUT2D eigenvalue weighted by Gasteiger charge is -2.14. The Morgan fingerprint density at radius 3 is 2.67 bits per heavy atom. The molecule has 0 aliphatic heterocycles. The third-order valence-electron chi connectivity index (χ3n) is 2.95. The summed E-state index contributed by atoms with van der Waals surface area (Å²) in [5.74, 6) is 1.02. The molecule has 0 aromatic heterocycles. The minimum Gasteiger partial charge on any atom is -0.383 e. The van der Waals surface area contributed by atoms with Crippen LogP contribution in [-0.2, 0) is 4.74 Å². The molecule has 0 spiro atoms. The molecule has 0 heterocycles. The van der Waals surface area contributed by atoms with Crippen molar-refractivity contribution in [2.75, 3.05) is 26.5 Å². The zero-order chi connectivity index (χ0) is 12.8. The average molecular weight is 261 g/mol. The first kappa shape index (κ1) is 13.4. The van der Waals surface area contributed by atoms with Crippen LogP contribution < -0.4 is 5.32 Å². The molecule has 0 saturated heterocycles. The highest BCUT2D eigenvalue weighted by Crippen LogP contribution is 2.24. The van der Waals surface area contributed by atoms with Crippen LogP contribution in [0.15, 0.2) is 47.4 Å². The van der Waals surface area contributed by atoms with Crippen LogP contribution in [0.5, 0.6) is 0 Å². The highest BCUT2D eigenvalue weighted by atomic mass is 32.2. The SMILES string of the molecule is CNC(COC)CSc1ccc2ccccc2c1. The van der Waals surface area contributed by atoms with E-state index in [2.05, 4.69) is 47.8 Å². The van der Waals surface area contributed by atoms with E-state index >= 15 is 0 Å². The van der Waals surface area contributed by atoms with Crippen LogP contribution in [0.25, 0.3) is 10.8 Å². The second-order valence-corrected chi connectivity index (χ2v) is 5.35. The van der Waals surface area contributed by atoms with Crippen molar-refractivity contribution in [1.82, 2.24) is 5.32 Å². The van der Waals surface area contributed by atoms with Gasteiger partial charge in [0.1, 0.15) is 0 Å². The van der Waals surface area contributed by atoms with E-state index < -0.39 is 0 Å². The van der Waals surface area contributed by atoms with Gasteiger partial charge in [-0.05, 0) is 30.0 Å². The van der Waals surface area contributed by atoms with E-state index in [1.807, 2.05) is 18.8 Å². The second-order valence-electron chi connectivity index (χ2n) is 4.26. The maximum Gasteiger partial charge on any atom is 0.0623 e. The van der Waals surface area contributed by atoms with Crippen molar-refractivity contribution in [3.05, 3.63) is 42.5 Å². The number of thioether (sulfide) groups is 1. The molecule has 3 heteroatoms. The molecular formula is C15H19NOS. The zero-order valence-electron chi connectivity index (χ0n) is 10.8. The Balaban J connectivity index is 2.03. The van der Waals surface area contributed by atoms with E-state index in [1.54, 1.807) is 7.11 Å². The average Bonchev–Trinajstić information content (AvgIpc) is 2.43. The third kappa shape index (κ3) is 3.48. The predicted molar refractivity (Wildman–Crippen MR) is 79.4 cm³/mol. The molecule has 96 valence electrons. The maximum atomic E-state index is 5.18. The number of nitrogens with one attached hydrogen (secondary N) is 1. The molecule has 2 rings (SSSR count). The summed E-state index contributed by atoms with van der Waals surface area (Å²) < 4.78 is 5.18. The third-order valence-corrected chi connectivity index (χ3v) is 4.10. The van der Waals surface area contributed by atoms with E-state index in [4.69, 9.17) is 4.74 Å². The number of rotatable bonds is 6. The summed E-state index contributed by atoms with van der Waals surface area (Å²) in [4.78, 5) is 1.31. The molecular weight excluding hydrogens is 242 g/mol. The lowest BCUT2D eigenvalue weighted by Crippen LogP contribution is -2.32. The number of ether oxygens (including phenoxy) is 1. The maximum absolute atomic E-state index is 5.18. The molecule has 2 aromatic carbocycles. The van der Waals surface area contributed by atoms with Crippen LogP contribution in [0.2, 0.25) is 0 Å². The molecule has 0 aliphatic rings. The van der Waals surface area contributed by atoms with E-state index in [0.29, 0.717) is 6.04 Å². The van der Waals surface area contributed by atoms with Gasteiger partial charge in [0.05, 0.1) is 6.61 Å². The van der Waals surface area contributed by atoms with E-state index in [0.717, 1.165) is 12.4 Å². The van der Waals surface area contributed by atoms with Gasteiger partial charge in [-0.2, -0.15) is 0 Å². The number of benzene rings is 2. The molecule has 1 atom stereocenters. The van der Waals surface area contributed by atoms with Crippen LogP contribution in [0.1, 0.15) is 0 Å². The Morgan fingerprint density at radius 1 is 1.17 bits per heavy atom. The standard InChI is InChI=1S/C15H19NOS/c1-16-14(10-17-2)11-18-15-8-7-12-5-3-4-6-13(12)9-15/h3-9,14,16H,10-11H2,1-2H3. The number of hydrogen-bond donors (Lipinski definition) is 1. The van der Waals surface area contributed by atoms with Gasteiger partial charge in [-0.15, -0.1) is 11.8 Å². The number of fused-ring (bicyclic) bond motifs is 1. The van der Waals surface area contributed by atoms with Gasteiger partial charge in [0.15, 0.2) is 0 Å². The summed E-state index contributed by atoms with van der Waals surface area (Å²) in [5, 5.41) is 5.86. The minimum atomic E-state index is 0.395. The molecule has 18 heavy (non-hydrogen) atoms. The van der Waals surface area contributed by atoms with Crippen molar-refractivity contribution >= 4 is 22.5 Å². The van der Waals surface area contributed by atoms with E-state index in [9.17, 15) is 0 Å². The van der Waals surface area contributed by atoms with Gasteiger partial charge in [0.25, 0.3) is 0 Å². The van der Waals surface area contributed by atoms with Gasteiger partial charge in [-0.3, -0.25) is 0 Å². The molecule has 0 aliphatic carbocycles. The Kier molecular flexibility index (Phi) is 5.05. The summed E-state index contributed by atoms with van der Waals surface area (Å²) in [6, 6.07) is 15.5. The highest BCUT2D eigenvalue weighted by Gasteiger charge is 2.06. The number of likely N-dealkylation sites (N-methyl/N-ethyl adjacent to an activating group) is 1. The summed E-state index contributed by atoms with van der Waals surface area (Å²) >= 11 is 1.87. The summed E-state index contributed by atoms with van der Waals surface area (Å²) in [7, 11) is 3.72. The Morgan fingerprint density at radius 2 is 1.94 bits per heavy atom. The zero-order valence-corrected chi connectivity index (χ0v) is 11.7. The van der Waals surface area contributed by atoms with Crippen molar-refractivity contribution in [1.29, 1.82) is 0 Å². The second kappa shape index (κ2) is 6.78. The van der Waals surface area contributed by atoms with Crippen LogP contribution in [0.3, 0.4) is 0 Å². The monoisotopic (exact) mass is 261 g/mol. The molecule has 1 N–H and O–H groups in total. The van der Waals surface area contributed by atoms with Crippen LogP contribution >= 0.6 is 11.8 Å². The minimum absolute atomic E-state index is 0.395. The first-order valence-corrected chi connectivity index (χ1v) is 7.10. The molecule has 2 aromatic rings. The van der Waals surface area contributed by atoms with Crippen molar-refractivity contribution in [3.63, 3.8) is 0 Å². The smallest absolute Gasteiger partial charge is 0.0623 e. The van der Waals surface area contributed by atoms with Gasteiger partial charge in [0.2, 0.25) is 0 Å². The molecule has 2 nitrogen and oxygen atoms in total. The van der Waals surface area contributed by atoms with Crippen molar-refractivity contribution in [3.8, 4) is 0 Å². The fourth-order valence-corrected chi connectivity index (χ4v) is 2.90. The van der Waals surface area contributed by atoms with Crippen molar-refractivity contribution < 1.29 is 4.74 Å². The summed E-state index contributed by atoms with van der Waals surface area (Å²) in [6.07, 6.45) is 0. The largest absolute Gasteiger partial charge is 0.383 e. The number of hydrogen-bond acceptors (Lipinski definition) is 3. The molecule has 0 amide bonds. The van der Waals surface area contributed by atoms with Crippen molar-refractivity contribution in [2.45, 2.75) is 10.9 Å². The fraction of sp³-hybridized carbons (Fsp3) is 0.333. The number of methoxy groups -OCH3 is 1. The summed E-state index contributed by atoms with van der Waals surface area (Å²) in [6.45, 7) is 0.747. The highest BCUT2D eigenvalue weighted by molar-refractivity contribution is 7.99. The molecule has 0 radical (unpaired) electrons. The quantitative estimate of drug-likeness (QED) is 0.807. The first-order chi connectivity index (χ1) is 8.83. The van der Waals surface area contributed by atoms with Gasteiger partial charge in [-0.1, -0.05) is 30.3 Å². The van der Waals surface area contributed by atoms with Crippen molar-refractivity contribution in [2.24, 2.45) is 0 Å². The summed E-state index contributed by atoms with van der Waals surface area (Å²) in [5.41, 5.74) is 0. The predicted octanol–water partition coefficient (Wildman–Crippen LogP) is 3.17. The van der Waals surface area contributed by atoms with Crippen LogP contribution in [0, 0.1) is 0 Å². The van der Waals surface area contributed by atoms with Gasteiger partial charge in [-0.25, -0.2) is 0 Å². The lowest BCUT2D eigenvalue weighted by molar-refractivity contribution is 0.177. The van der Waals surface area contributed by atoms with Gasteiger partial charge < -0.3 is 10.1 Å². The normalized spacial score (nSPS) is 12.8. The molecule has 1 unspecified atom stereocenters. The molecule has 0 bridgehead atoms. The Bertz CT molecular complexity index is 501. The fourth-order valence-electron chi connectivity index (χ4n) is 1.87. The molecule has 0 saturated carbocycles. The van der Waals surface area contributed by atoms with Crippen LogP contribution in [0.4, 0.5) is 0 Å². The first-order valence-electron chi connectivity index (χ1n) is 6.11. The Hall–Kier alpha value is -1.03. The van der Waals surface area contributed by atoms with Gasteiger partial charge in [0, 0.05) is 23.8 Å². The van der Waals surface area contributed by atoms with Crippen LogP contribution in [-0.4, -0.2) is 32.6 Å². The van der Waals surface area contributed by atoms with Gasteiger partial charge >= 0.3 is 0 Å². The lowest BCUT2D eigenvalue weighted by atomic mass is 10.1. The molecule has 0 fully saturated rings. The van der Waals surface area contributed by atoms with E-state index in [-0.39, 0.29) is 0 Å². The topological polar surface area (TPSA) is 21.3 Å². The van der Waals surface area contributed by atoms with E-state index in [1.165, 1.54) is 15.7 Å². The Labute approximate surface area is 113 Å².